The van der Waals surface area contributed by atoms with E-state index in [0.717, 1.165) is 64.8 Å². The van der Waals surface area contributed by atoms with E-state index in [9.17, 15) is 4.79 Å². The summed E-state index contributed by atoms with van der Waals surface area (Å²) < 4.78 is 2.32. The molecule has 0 aliphatic carbocycles. The van der Waals surface area contributed by atoms with Crippen molar-refractivity contribution in [3.63, 3.8) is 0 Å². The third-order valence-electron chi connectivity index (χ3n) is 6.47. The number of hydrogen-bond acceptors (Lipinski definition) is 3. The van der Waals surface area contributed by atoms with E-state index in [4.69, 9.17) is 10.1 Å². The van der Waals surface area contributed by atoms with Crippen LogP contribution in [0.25, 0.3) is 28.2 Å². The van der Waals surface area contributed by atoms with Gasteiger partial charge in [-0.3, -0.25) is 9.36 Å². The van der Waals surface area contributed by atoms with Crippen molar-refractivity contribution in [1.82, 2.24) is 9.55 Å². The van der Waals surface area contributed by atoms with Crippen molar-refractivity contribution in [2.75, 3.05) is 5.75 Å². The summed E-state index contributed by atoms with van der Waals surface area (Å²) in [5.41, 5.74) is 5.56. The molecule has 0 radical (unpaired) electrons. The highest BCUT2D eigenvalue weighted by atomic mass is 32.2. The number of rotatable bonds is 15. The molecule has 4 nitrogen and oxygen atoms in total. The Kier molecular flexibility index (Phi) is 10.4. The molecule has 0 bridgehead atoms. The molecule has 0 saturated carbocycles. The van der Waals surface area contributed by atoms with Crippen LogP contribution >= 0.6 is 11.8 Å². The number of carboxylic acids is 1. The van der Waals surface area contributed by atoms with Crippen LogP contribution in [0.15, 0.2) is 96.2 Å². The molecule has 1 aromatic heterocycles. The van der Waals surface area contributed by atoms with E-state index in [1.54, 1.807) is 0 Å². The summed E-state index contributed by atoms with van der Waals surface area (Å²) in [6, 6.07) is 31.6. The number of thioether (sulfide) groups is 1. The normalized spacial score (nSPS) is 11.0. The lowest BCUT2D eigenvalue weighted by molar-refractivity contribution is -0.137. The molecule has 0 atom stereocenters. The fourth-order valence-electron chi connectivity index (χ4n) is 4.58. The number of aliphatic carboxylic acids is 1. The number of imidazole rings is 1. The van der Waals surface area contributed by atoms with Gasteiger partial charge in [-0.15, -0.1) is 0 Å². The van der Waals surface area contributed by atoms with Gasteiger partial charge in [-0.1, -0.05) is 129 Å². The van der Waals surface area contributed by atoms with Gasteiger partial charge in [0.25, 0.3) is 0 Å². The lowest BCUT2D eigenvalue weighted by Gasteiger charge is -2.13. The predicted octanol–water partition coefficient (Wildman–Crippen LogP) is 8.89. The SMILES string of the molecule is O=C(O)CCCCCCCCCCSc1nc(-c2ccccc2)c(-c2ccccc2)n1-c1ccccc1. The third kappa shape index (κ3) is 7.83. The van der Waals surface area contributed by atoms with Gasteiger partial charge in [0.2, 0.25) is 0 Å². The maximum atomic E-state index is 10.6. The minimum absolute atomic E-state index is 0.300. The molecule has 0 saturated heterocycles. The molecule has 1 heterocycles. The number of carbonyl (C=O) groups is 1. The van der Waals surface area contributed by atoms with Crippen LogP contribution in [0.1, 0.15) is 57.8 Å². The molecule has 0 aliphatic heterocycles. The van der Waals surface area contributed by atoms with Crippen LogP contribution in [0, 0.1) is 0 Å². The second-order valence-corrected chi connectivity index (χ2v) is 10.4. The van der Waals surface area contributed by atoms with Crippen molar-refractivity contribution < 1.29 is 9.90 Å². The zero-order valence-corrected chi connectivity index (χ0v) is 22.2. The van der Waals surface area contributed by atoms with Crippen LogP contribution < -0.4 is 0 Å². The van der Waals surface area contributed by atoms with Crippen LogP contribution in [0.4, 0.5) is 0 Å². The summed E-state index contributed by atoms with van der Waals surface area (Å²) in [7, 11) is 0. The highest BCUT2D eigenvalue weighted by molar-refractivity contribution is 7.99. The van der Waals surface area contributed by atoms with Gasteiger partial charge >= 0.3 is 5.97 Å². The molecule has 3 aromatic carbocycles. The molecule has 0 amide bonds. The number of nitrogens with zero attached hydrogens (tertiary/aromatic N) is 2. The van der Waals surface area contributed by atoms with E-state index in [1.807, 2.05) is 17.8 Å². The maximum absolute atomic E-state index is 10.6. The van der Waals surface area contributed by atoms with Crippen molar-refractivity contribution in [2.24, 2.45) is 0 Å². The van der Waals surface area contributed by atoms with Gasteiger partial charge < -0.3 is 5.11 Å². The van der Waals surface area contributed by atoms with Crippen LogP contribution in [-0.4, -0.2) is 26.4 Å². The lowest BCUT2D eigenvalue weighted by Crippen LogP contribution is -1.99. The molecule has 0 spiro atoms. The minimum atomic E-state index is -0.683. The summed E-state index contributed by atoms with van der Waals surface area (Å²) in [6.07, 6.45) is 9.30. The average molecular weight is 513 g/mol. The first-order chi connectivity index (χ1) is 18.2. The van der Waals surface area contributed by atoms with E-state index in [1.165, 1.54) is 25.7 Å². The maximum Gasteiger partial charge on any atom is 0.303 e. The topological polar surface area (TPSA) is 55.1 Å². The molecule has 4 aromatic rings. The number of aromatic nitrogens is 2. The Morgan fingerprint density at radius 2 is 1.19 bits per heavy atom. The van der Waals surface area contributed by atoms with E-state index in [2.05, 4.69) is 89.5 Å². The molecule has 192 valence electrons. The fourth-order valence-corrected chi connectivity index (χ4v) is 5.59. The zero-order chi connectivity index (χ0) is 25.7. The van der Waals surface area contributed by atoms with Gasteiger partial charge in [-0.2, -0.15) is 0 Å². The minimum Gasteiger partial charge on any atom is -0.481 e. The Labute approximate surface area is 224 Å². The first-order valence-corrected chi connectivity index (χ1v) is 14.4. The van der Waals surface area contributed by atoms with Crippen molar-refractivity contribution in [2.45, 2.75) is 62.9 Å². The highest BCUT2D eigenvalue weighted by Gasteiger charge is 2.21. The smallest absolute Gasteiger partial charge is 0.303 e. The van der Waals surface area contributed by atoms with Crippen LogP contribution in [0.3, 0.4) is 0 Å². The first kappa shape index (κ1) is 26.7. The Morgan fingerprint density at radius 3 is 1.78 bits per heavy atom. The largest absolute Gasteiger partial charge is 0.481 e. The second kappa shape index (κ2) is 14.4. The monoisotopic (exact) mass is 512 g/mol. The van der Waals surface area contributed by atoms with Crippen LogP contribution in [-0.2, 0) is 4.79 Å². The predicted molar refractivity (Wildman–Crippen MR) is 154 cm³/mol. The molecular formula is C32H36N2O2S. The standard InChI is InChI=1S/C32H36N2O2S/c35-29(36)24-16-5-3-1-2-4-6-17-25-37-32-33-30(26-18-10-7-11-19-26)31(27-20-12-8-13-21-27)34(32)28-22-14-9-15-23-28/h7-15,18-23H,1-6,16-17,24-25H2,(H,35,36). The molecular weight excluding hydrogens is 476 g/mol. The highest BCUT2D eigenvalue weighted by Crippen LogP contribution is 2.38. The van der Waals surface area contributed by atoms with Gasteiger partial charge in [-0.05, 0) is 25.0 Å². The summed E-state index contributed by atoms with van der Waals surface area (Å²) in [6.45, 7) is 0. The molecule has 1 N–H and O–H groups in total. The fraction of sp³-hybridized carbons (Fsp3) is 0.312. The Bertz CT molecular complexity index is 1220. The Balaban J connectivity index is 1.45. The molecule has 37 heavy (non-hydrogen) atoms. The van der Waals surface area contributed by atoms with Gasteiger partial charge in [0.1, 0.15) is 0 Å². The third-order valence-corrected chi connectivity index (χ3v) is 7.50. The molecule has 0 unspecified atom stereocenters. The second-order valence-electron chi connectivity index (χ2n) is 9.32. The molecule has 4 rings (SSSR count). The van der Waals surface area contributed by atoms with E-state index < -0.39 is 5.97 Å². The van der Waals surface area contributed by atoms with E-state index in [0.29, 0.717) is 6.42 Å². The van der Waals surface area contributed by atoms with Crippen molar-refractivity contribution >= 4 is 17.7 Å². The number of benzene rings is 3. The van der Waals surface area contributed by atoms with Gasteiger partial charge in [0, 0.05) is 29.0 Å². The number of para-hydroxylation sites is 1. The lowest BCUT2D eigenvalue weighted by atomic mass is 10.0. The van der Waals surface area contributed by atoms with Crippen molar-refractivity contribution in [3.05, 3.63) is 91.0 Å². The summed E-state index contributed by atoms with van der Waals surface area (Å²) in [4.78, 5) is 15.8. The van der Waals surface area contributed by atoms with Gasteiger partial charge in [0.15, 0.2) is 5.16 Å². The number of carboxylic acid groups (broad SMARTS) is 1. The molecule has 0 fully saturated rings. The van der Waals surface area contributed by atoms with Crippen molar-refractivity contribution in [3.8, 4) is 28.2 Å². The van der Waals surface area contributed by atoms with Crippen LogP contribution in [0.5, 0.6) is 0 Å². The van der Waals surface area contributed by atoms with E-state index in [-0.39, 0.29) is 0 Å². The zero-order valence-electron chi connectivity index (χ0n) is 21.4. The first-order valence-electron chi connectivity index (χ1n) is 13.4. The van der Waals surface area contributed by atoms with E-state index >= 15 is 0 Å². The Hall–Kier alpha value is -3.31. The summed E-state index contributed by atoms with van der Waals surface area (Å²) >= 11 is 1.84. The van der Waals surface area contributed by atoms with Gasteiger partial charge in [0.05, 0.1) is 11.4 Å². The average Bonchev–Trinajstić information content (AvgIpc) is 3.32. The molecule has 0 aliphatic rings. The van der Waals surface area contributed by atoms with Crippen molar-refractivity contribution in [1.29, 1.82) is 0 Å². The van der Waals surface area contributed by atoms with Gasteiger partial charge in [-0.25, -0.2) is 4.98 Å². The molecule has 5 heteroatoms. The van der Waals surface area contributed by atoms with Crippen LogP contribution in [0.2, 0.25) is 0 Å². The number of unbranched alkanes of at least 4 members (excludes halogenated alkanes) is 7. The quantitative estimate of drug-likeness (QED) is 0.128. The summed E-state index contributed by atoms with van der Waals surface area (Å²) in [5, 5.41) is 9.76. The number of hydrogen-bond donors (Lipinski definition) is 1. The summed E-state index contributed by atoms with van der Waals surface area (Å²) in [5.74, 6) is 0.349. The Morgan fingerprint density at radius 1 is 0.676 bits per heavy atom.